The molecule has 3 aromatic carbocycles. The van der Waals surface area contributed by atoms with Crippen molar-refractivity contribution in [3.8, 4) is 5.75 Å². The van der Waals surface area contributed by atoms with Crippen molar-refractivity contribution in [2.45, 2.75) is 31.8 Å². The predicted molar refractivity (Wildman–Crippen MR) is 130 cm³/mol. The Kier molecular flexibility index (Phi) is 8.66. The second-order valence-electron chi connectivity index (χ2n) is 7.94. The summed E-state index contributed by atoms with van der Waals surface area (Å²) >= 11 is 0. The summed E-state index contributed by atoms with van der Waals surface area (Å²) in [6.45, 7) is 1.49. The maximum absolute atomic E-state index is 12.5. The van der Waals surface area contributed by atoms with Crippen LogP contribution in [0.5, 0.6) is 5.75 Å². The highest BCUT2D eigenvalue weighted by atomic mass is 16.4. The fraction of sp³-hybridized carbons (Fsp3) is 0.192. The molecule has 35 heavy (non-hydrogen) atoms. The van der Waals surface area contributed by atoms with Crippen molar-refractivity contribution in [3.05, 3.63) is 90.0 Å². The third-order valence-electron chi connectivity index (χ3n) is 5.10. The van der Waals surface area contributed by atoms with Crippen molar-refractivity contribution < 1.29 is 24.6 Å². The van der Waals surface area contributed by atoms with Crippen LogP contribution >= 0.6 is 0 Å². The number of amides is 2. The Morgan fingerprint density at radius 1 is 0.800 bits per heavy atom. The van der Waals surface area contributed by atoms with E-state index in [0.717, 1.165) is 11.3 Å². The molecule has 3 aromatic rings. The Bertz CT molecular complexity index is 1180. The van der Waals surface area contributed by atoms with Gasteiger partial charge in [-0.25, -0.2) is 4.79 Å². The van der Waals surface area contributed by atoms with Gasteiger partial charge in [-0.2, -0.15) is 10.2 Å². The number of carboxylic acids is 1. The number of carboxylic acid groups (broad SMARTS) is 1. The minimum Gasteiger partial charge on any atom is -0.508 e. The smallest absolute Gasteiger partial charge is 0.326 e. The number of carbonyl (C=O) groups is 3. The topological polar surface area (TPSA) is 140 Å². The summed E-state index contributed by atoms with van der Waals surface area (Å²) in [7, 11) is 0. The van der Waals surface area contributed by atoms with E-state index in [4.69, 9.17) is 0 Å². The molecule has 9 nitrogen and oxygen atoms in total. The van der Waals surface area contributed by atoms with Crippen LogP contribution in [0.2, 0.25) is 0 Å². The minimum absolute atomic E-state index is 0.0377. The van der Waals surface area contributed by atoms with E-state index in [0.29, 0.717) is 11.3 Å². The molecule has 0 bridgehead atoms. The highest BCUT2D eigenvalue weighted by Gasteiger charge is 2.24. The highest BCUT2D eigenvalue weighted by Crippen LogP contribution is 2.18. The van der Waals surface area contributed by atoms with Crippen molar-refractivity contribution in [1.82, 2.24) is 10.6 Å². The third-order valence-corrected chi connectivity index (χ3v) is 5.10. The van der Waals surface area contributed by atoms with E-state index in [-0.39, 0.29) is 24.5 Å². The zero-order chi connectivity index (χ0) is 25.2. The van der Waals surface area contributed by atoms with Gasteiger partial charge in [-0.05, 0) is 54.4 Å². The molecular formula is C26H26N4O5. The van der Waals surface area contributed by atoms with E-state index in [1.165, 1.54) is 19.1 Å². The van der Waals surface area contributed by atoms with Crippen LogP contribution in [0.4, 0.5) is 11.4 Å². The fourth-order valence-corrected chi connectivity index (χ4v) is 3.20. The first-order chi connectivity index (χ1) is 16.8. The molecule has 9 heteroatoms. The number of nitrogens with zero attached hydrogens (tertiary/aromatic N) is 2. The van der Waals surface area contributed by atoms with E-state index < -0.39 is 24.0 Å². The van der Waals surface area contributed by atoms with Gasteiger partial charge in [0.05, 0.1) is 17.8 Å². The van der Waals surface area contributed by atoms with Crippen LogP contribution in [0.25, 0.3) is 0 Å². The molecule has 2 amide bonds. The zero-order valence-corrected chi connectivity index (χ0v) is 19.1. The number of phenols is 1. The predicted octanol–water partition coefficient (Wildman–Crippen LogP) is 3.67. The minimum atomic E-state index is -1.20. The van der Waals surface area contributed by atoms with Crippen LogP contribution in [0.1, 0.15) is 18.1 Å². The Labute approximate surface area is 202 Å². The van der Waals surface area contributed by atoms with Gasteiger partial charge in [0.1, 0.15) is 17.8 Å². The van der Waals surface area contributed by atoms with Crippen LogP contribution in [0.3, 0.4) is 0 Å². The number of hydrogen-bond donors (Lipinski definition) is 4. The van der Waals surface area contributed by atoms with Crippen molar-refractivity contribution in [2.24, 2.45) is 10.2 Å². The lowest BCUT2D eigenvalue weighted by Crippen LogP contribution is -2.51. The summed E-state index contributed by atoms with van der Waals surface area (Å²) in [5.41, 5.74) is 2.74. The Morgan fingerprint density at radius 3 is 1.97 bits per heavy atom. The molecule has 0 unspecified atom stereocenters. The van der Waals surface area contributed by atoms with E-state index in [1.807, 2.05) is 30.3 Å². The second kappa shape index (κ2) is 12.1. The van der Waals surface area contributed by atoms with Crippen LogP contribution < -0.4 is 10.6 Å². The van der Waals surface area contributed by atoms with Crippen LogP contribution in [-0.2, 0) is 27.2 Å². The first-order valence-corrected chi connectivity index (χ1v) is 11.0. The van der Waals surface area contributed by atoms with E-state index in [2.05, 4.69) is 20.9 Å². The molecule has 0 saturated heterocycles. The number of phenolic OH excluding ortho intramolecular Hbond substituents is 1. The average molecular weight is 475 g/mol. The number of azo groups is 1. The molecule has 0 aliphatic heterocycles. The molecule has 180 valence electrons. The SMILES string of the molecule is C[C@H](NC(=O)Cc1ccc(N=Nc2ccccc2)cc1)C(=O)N[C@@H](Cc1ccc(O)cc1)C(=O)O. The monoisotopic (exact) mass is 474 g/mol. The summed E-state index contributed by atoms with van der Waals surface area (Å²) < 4.78 is 0. The van der Waals surface area contributed by atoms with E-state index in [9.17, 15) is 24.6 Å². The lowest BCUT2D eigenvalue weighted by molar-refractivity contribution is -0.142. The molecule has 0 aliphatic carbocycles. The molecule has 0 fully saturated rings. The number of hydrogen-bond acceptors (Lipinski definition) is 6. The number of rotatable bonds is 10. The summed E-state index contributed by atoms with van der Waals surface area (Å²) in [4.78, 5) is 36.4. The lowest BCUT2D eigenvalue weighted by Gasteiger charge is -2.19. The van der Waals surface area contributed by atoms with Crippen LogP contribution in [-0.4, -0.2) is 40.1 Å². The van der Waals surface area contributed by atoms with Gasteiger partial charge >= 0.3 is 5.97 Å². The molecule has 0 aliphatic rings. The fourth-order valence-electron chi connectivity index (χ4n) is 3.20. The van der Waals surface area contributed by atoms with E-state index >= 15 is 0 Å². The second-order valence-corrected chi connectivity index (χ2v) is 7.94. The van der Waals surface area contributed by atoms with Gasteiger partial charge in [0, 0.05) is 6.42 Å². The summed E-state index contributed by atoms with van der Waals surface area (Å²) in [6, 6.07) is 20.2. The van der Waals surface area contributed by atoms with Gasteiger partial charge < -0.3 is 20.8 Å². The number of nitrogens with one attached hydrogen (secondary N) is 2. The normalized spacial score (nSPS) is 12.6. The molecule has 4 N–H and O–H groups in total. The number of aromatic hydroxyl groups is 1. The van der Waals surface area contributed by atoms with Gasteiger partial charge in [-0.3, -0.25) is 9.59 Å². The van der Waals surface area contributed by atoms with Crippen molar-refractivity contribution in [2.75, 3.05) is 0 Å². The van der Waals surface area contributed by atoms with Crippen LogP contribution in [0, 0.1) is 0 Å². The van der Waals surface area contributed by atoms with Gasteiger partial charge in [-0.15, -0.1) is 0 Å². The average Bonchev–Trinajstić information content (AvgIpc) is 2.85. The molecule has 0 heterocycles. The molecule has 0 aromatic heterocycles. The lowest BCUT2D eigenvalue weighted by atomic mass is 10.1. The molecule has 2 atom stereocenters. The Balaban J connectivity index is 1.50. The van der Waals surface area contributed by atoms with Gasteiger partial charge in [0.25, 0.3) is 0 Å². The van der Waals surface area contributed by atoms with Crippen molar-refractivity contribution in [3.63, 3.8) is 0 Å². The quantitative estimate of drug-likeness (QED) is 0.332. The van der Waals surface area contributed by atoms with Crippen molar-refractivity contribution in [1.29, 1.82) is 0 Å². The molecule has 0 saturated carbocycles. The highest BCUT2D eigenvalue weighted by molar-refractivity contribution is 5.90. The first kappa shape index (κ1) is 25.1. The summed E-state index contributed by atoms with van der Waals surface area (Å²) in [5.74, 6) is -2.13. The zero-order valence-electron chi connectivity index (χ0n) is 19.1. The maximum Gasteiger partial charge on any atom is 0.326 e. The van der Waals surface area contributed by atoms with E-state index in [1.54, 1.807) is 36.4 Å². The van der Waals surface area contributed by atoms with Gasteiger partial charge in [0.15, 0.2) is 0 Å². The summed E-state index contributed by atoms with van der Waals surface area (Å²) in [5, 5.41) is 32.1. The third kappa shape index (κ3) is 8.08. The Morgan fingerprint density at radius 2 is 1.37 bits per heavy atom. The van der Waals surface area contributed by atoms with Crippen LogP contribution in [0.15, 0.2) is 89.1 Å². The van der Waals surface area contributed by atoms with Crippen molar-refractivity contribution >= 4 is 29.2 Å². The summed E-state index contributed by atoms with van der Waals surface area (Å²) in [6.07, 6.45) is 0.0829. The molecule has 0 spiro atoms. The molecular weight excluding hydrogens is 448 g/mol. The Hall–Kier alpha value is -4.53. The maximum atomic E-state index is 12.5. The first-order valence-electron chi connectivity index (χ1n) is 11.0. The van der Waals surface area contributed by atoms with Gasteiger partial charge in [0.2, 0.25) is 11.8 Å². The molecule has 0 radical (unpaired) electrons. The standard InChI is InChI=1S/C26H26N4O5/c1-17(25(33)28-23(26(34)35)15-18-9-13-22(31)14-10-18)27-24(32)16-19-7-11-21(12-8-19)30-29-20-5-3-2-4-6-20/h2-14,17,23,31H,15-16H2,1H3,(H,27,32)(H,28,33)(H,34,35)/t17-,23-/m0/s1. The largest absolute Gasteiger partial charge is 0.508 e. The van der Waals surface area contributed by atoms with Gasteiger partial charge in [-0.1, -0.05) is 42.5 Å². The number of benzene rings is 3. The number of carbonyl (C=O) groups excluding carboxylic acids is 2. The number of aliphatic carboxylic acids is 1. The molecule has 3 rings (SSSR count).